The third-order valence-electron chi connectivity index (χ3n) is 10.2. The van der Waals surface area contributed by atoms with Crippen molar-refractivity contribution in [1.29, 1.82) is 0 Å². The molecule has 0 bridgehead atoms. The Labute approximate surface area is 267 Å². The van der Waals surface area contributed by atoms with Gasteiger partial charge >= 0.3 is 0 Å². The van der Waals surface area contributed by atoms with E-state index >= 15 is 0 Å². The number of unbranched alkanes of at least 4 members (excludes halogenated alkanes) is 12. The standard InChI is InChI=1S/C40H82O2/c1-10-11-12-13-14-15-16-17-18-19-20-21-22-23-40(42)39(9)30-37(7)28-35(5)26-33(3)24-32(2)25-34(4)27-36(6)29-38(8)31-41/h32-42H,10-31H2,1-9H3/t32-,33+,34-,35+,36-,37+,38-,39+,40+/m0/s1. The molecule has 42 heavy (non-hydrogen) atoms. The van der Waals surface area contributed by atoms with Gasteiger partial charge in [0.1, 0.15) is 0 Å². The molecule has 2 N–H and O–H groups in total. The Morgan fingerprint density at radius 2 is 0.667 bits per heavy atom. The molecule has 254 valence electrons. The Kier molecular flexibility index (Phi) is 27.2. The molecule has 0 saturated carbocycles. The first-order valence-corrected chi connectivity index (χ1v) is 19.3. The minimum Gasteiger partial charge on any atom is -0.396 e. The summed E-state index contributed by atoms with van der Waals surface area (Å²) >= 11 is 0. The van der Waals surface area contributed by atoms with Crippen molar-refractivity contribution in [2.75, 3.05) is 6.61 Å². The second-order valence-corrected chi connectivity index (χ2v) is 16.1. The molecule has 0 aromatic rings. The van der Waals surface area contributed by atoms with Gasteiger partial charge < -0.3 is 10.2 Å². The average molecular weight is 595 g/mol. The summed E-state index contributed by atoms with van der Waals surface area (Å²) in [7, 11) is 0. The average Bonchev–Trinajstić information content (AvgIpc) is 2.90. The molecule has 0 unspecified atom stereocenters. The van der Waals surface area contributed by atoms with Crippen molar-refractivity contribution in [2.45, 2.75) is 203 Å². The monoisotopic (exact) mass is 595 g/mol. The SMILES string of the molecule is CCCCCCCCCCCCCCC[C@@H](O)[C@H](C)C[C@H](C)C[C@H](C)C[C@H](C)C[C@H](C)C[C@H](C)C[C@H](C)C[C@H](C)CO. The van der Waals surface area contributed by atoms with Crippen LogP contribution in [0.3, 0.4) is 0 Å². The molecule has 0 heterocycles. The van der Waals surface area contributed by atoms with Crippen molar-refractivity contribution in [1.82, 2.24) is 0 Å². The van der Waals surface area contributed by atoms with E-state index in [0.717, 1.165) is 36.5 Å². The largest absolute Gasteiger partial charge is 0.396 e. The van der Waals surface area contributed by atoms with Gasteiger partial charge in [0, 0.05) is 6.61 Å². The first-order chi connectivity index (χ1) is 20.0. The molecule has 0 rings (SSSR count). The lowest BCUT2D eigenvalue weighted by molar-refractivity contribution is 0.0891. The Morgan fingerprint density at radius 3 is 1.00 bits per heavy atom. The molecular weight excluding hydrogens is 512 g/mol. The highest BCUT2D eigenvalue weighted by Gasteiger charge is 2.21. The Hall–Kier alpha value is -0.0800. The van der Waals surface area contributed by atoms with Crippen LogP contribution in [0, 0.1) is 47.3 Å². The van der Waals surface area contributed by atoms with E-state index in [1.807, 2.05) is 0 Å². The fourth-order valence-corrected chi connectivity index (χ4v) is 8.22. The highest BCUT2D eigenvalue weighted by Crippen LogP contribution is 2.31. The zero-order valence-electron chi connectivity index (χ0n) is 30.6. The van der Waals surface area contributed by atoms with Gasteiger partial charge in [0.15, 0.2) is 0 Å². The van der Waals surface area contributed by atoms with Crippen molar-refractivity contribution in [3.63, 3.8) is 0 Å². The molecule has 0 aliphatic carbocycles. The summed E-state index contributed by atoms with van der Waals surface area (Å²) in [5, 5.41) is 20.1. The molecule has 0 aromatic heterocycles. The number of aliphatic hydroxyl groups is 2. The van der Waals surface area contributed by atoms with Crippen LogP contribution >= 0.6 is 0 Å². The second-order valence-electron chi connectivity index (χ2n) is 16.1. The van der Waals surface area contributed by atoms with Gasteiger partial charge in [-0.3, -0.25) is 0 Å². The van der Waals surface area contributed by atoms with Crippen molar-refractivity contribution in [3.05, 3.63) is 0 Å². The van der Waals surface area contributed by atoms with Crippen LogP contribution < -0.4 is 0 Å². The minimum atomic E-state index is -0.119. The Balaban J connectivity index is 3.95. The predicted molar refractivity (Wildman–Crippen MR) is 189 cm³/mol. The van der Waals surface area contributed by atoms with Crippen LogP contribution in [-0.2, 0) is 0 Å². The van der Waals surface area contributed by atoms with Crippen LogP contribution in [0.1, 0.15) is 197 Å². The summed E-state index contributed by atoms with van der Waals surface area (Å²) < 4.78 is 0. The highest BCUT2D eigenvalue weighted by molar-refractivity contribution is 4.72. The van der Waals surface area contributed by atoms with Crippen LogP contribution in [0.2, 0.25) is 0 Å². The van der Waals surface area contributed by atoms with Crippen molar-refractivity contribution < 1.29 is 10.2 Å². The van der Waals surface area contributed by atoms with Gasteiger partial charge in [-0.25, -0.2) is 0 Å². The first-order valence-electron chi connectivity index (χ1n) is 19.3. The van der Waals surface area contributed by atoms with Gasteiger partial charge in [0.05, 0.1) is 6.10 Å². The topological polar surface area (TPSA) is 40.5 Å². The lowest BCUT2D eigenvalue weighted by atomic mass is 9.80. The van der Waals surface area contributed by atoms with Crippen molar-refractivity contribution >= 4 is 0 Å². The molecule has 2 heteroatoms. The van der Waals surface area contributed by atoms with Crippen molar-refractivity contribution in [3.8, 4) is 0 Å². The quantitative estimate of drug-likeness (QED) is 0.0812. The van der Waals surface area contributed by atoms with Crippen LogP contribution in [-0.4, -0.2) is 22.9 Å². The van der Waals surface area contributed by atoms with Crippen LogP contribution in [0.15, 0.2) is 0 Å². The lowest BCUT2D eigenvalue weighted by Crippen LogP contribution is -2.21. The van der Waals surface area contributed by atoms with E-state index in [1.54, 1.807) is 0 Å². The van der Waals surface area contributed by atoms with Gasteiger partial charge in [-0.2, -0.15) is 0 Å². The van der Waals surface area contributed by atoms with E-state index in [9.17, 15) is 10.2 Å². The summed E-state index contributed by atoms with van der Waals surface area (Å²) in [6, 6.07) is 0. The van der Waals surface area contributed by atoms with E-state index < -0.39 is 0 Å². The van der Waals surface area contributed by atoms with Gasteiger partial charge in [0.25, 0.3) is 0 Å². The summed E-state index contributed by atoms with van der Waals surface area (Å²) in [6.45, 7) is 21.7. The Morgan fingerprint density at radius 1 is 0.381 bits per heavy atom. The molecule has 0 aromatic carbocycles. The molecule has 0 radical (unpaired) electrons. The number of rotatable bonds is 30. The van der Waals surface area contributed by atoms with Crippen molar-refractivity contribution in [2.24, 2.45) is 47.3 Å². The van der Waals surface area contributed by atoms with E-state index in [1.165, 1.54) is 122 Å². The number of hydrogen-bond acceptors (Lipinski definition) is 2. The third kappa shape index (κ3) is 25.3. The molecule has 0 saturated heterocycles. The molecule has 0 spiro atoms. The molecular formula is C40H82O2. The lowest BCUT2D eigenvalue weighted by Gasteiger charge is -2.27. The molecule has 0 fully saturated rings. The highest BCUT2D eigenvalue weighted by atomic mass is 16.3. The van der Waals surface area contributed by atoms with Crippen LogP contribution in [0.4, 0.5) is 0 Å². The minimum absolute atomic E-state index is 0.119. The molecule has 0 aliphatic rings. The molecule has 9 atom stereocenters. The summed E-state index contributed by atoms with van der Waals surface area (Å²) in [5.41, 5.74) is 0. The molecule has 0 aliphatic heterocycles. The van der Waals surface area contributed by atoms with Crippen LogP contribution in [0.5, 0.6) is 0 Å². The van der Waals surface area contributed by atoms with Gasteiger partial charge in [0.2, 0.25) is 0 Å². The van der Waals surface area contributed by atoms with E-state index in [-0.39, 0.29) is 6.10 Å². The second kappa shape index (κ2) is 27.2. The molecule has 2 nitrogen and oxygen atoms in total. The zero-order chi connectivity index (χ0) is 31.8. The summed E-state index contributed by atoms with van der Waals surface area (Å²) in [4.78, 5) is 0. The predicted octanol–water partition coefficient (Wildman–Crippen LogP) is 12.6. The van der Waals surface area contributed by atoms with E-state index in [4.69, 9.17) is 0 Å². The van der Waals surface area contributed by atoms with E-state index in [0.29, 0.717) is 30.3 Å². The third-order valence-corrected chi connectivity index (χ3v) is 10.2. The number of hydrogen-bond donors (Lipinski definition) is 2. The van der Waals surface area contributed by atoms with Gasteiger partial charge in [-0.05, 0) is 98.7 Å². The zero-order valence-corrected chi connectivity index (χ0v) is 30.6. The van der Waals surface area contributed by atoms with Crippen LogP contribution in [0.25, 0.3) is 0 Å². The molecule has 0 amide bonds. The van der Waals surface area contributed by atoms with Gasteiger partial charge in [-0.15, -0.1) is 0 Å². The Bertz CT molecular complexity index is 562. The first kappa shape index (κ1) is 41.9. The van der Waals surface area contributed by atoms with Gasteiger partial charge in [-0.1, -0.05) is 146 Å². The summed E-state index contributed by atoms with van der Waals surface area (Å²) in [6.07, 6.45) is 27.8. The van der Waals surface area contributed by atoms with E-state index in [2.05, 4.69) is 62.3 Å². The summed E-state index contributed by atoms with van der Waals surface area (Å²) in [5.74, 6) is 5.40. The smallest absolute Gasteiger partial charge is 0.0565 e. The number of aliphatic hydroxyl groups excluding tert-OH is 2. The maximum atomic E-state index is 10.8. The fourth-order valence-electron chi connectivity index (χ4n) is 8.22. The fraction of sp³-hybridized carbons (Fsp3) is 1.00. The maximum absolute atomic E-state index is 10.8. The normalized spacial score (nSPS) is 18.6. The maximum Gasteiger partial charge on any atom is 0.0565 e.